The predicted octanol–water partition coefficient (Wildman–Crippen LogP) is 6.10. The van der Waals surface area contributed by atoms with E-state index in [0.717, 1.165) is 32.9 Å². The molecule has 0 fully saturated rings. The second-order valence-corrected chi connectivity index (χ2v) is 9.80. The molecule has 6 heteroatoms. The van der Waals surface area contributed by atoms with Crippen LogP contribution in [0.5, 0.6) is 17.2 Å². The lowest BCUT2D eigenvalue weighted by Gasteiger charge is -2.28. The standard InChI is InChI=1S/C22H15ClO3S2/c23-21-6-5-14(28-21)10-27-20-7-13-3-1-2-4-15(13)22(20)11-24-17-9-19-18(8-16(17)22)25-12-26-19/h1-9H,10-12H2. The van der Waals surface area contributed by atoms with E-state index in [9.17, 15) is 0 Å². The predicted molar refractivity (Wildman–Crippen MR) is 114 cm³/mol. The van der Waals surface area contributed by atoms with Crippen molar-refractivity contribution in [3.8, 4) is 17.2 Å². The Kier molecular flexibility index (Phi) is 3.73. The summed E-state index contributed by atoms with van der Waals surface area (Å²) in [5.41, 5.74) is 3.41. The maximum Gasteiger partial charge on any atom is 0.231 e. The van der Waals surface area contributed by atoms with Gasteiger partial charge in [-0.15, -0.1) is 23.1 Å². The van der Waals surface area contributed by atoms with E-state index in [4.69, 9.17) is 25.8 Å². The van der Waals surface area contributed by atoms with Gasteiger partial charge in [-0.2, -0.15) is 0 Å². The molecule has 1 aliphatic carbocycles. The highest BCUT2D eigenvalue weighted by molar-refractivity contribution is 8.02. The summed E-state index contributed by atoms with van der Waals surface area (Å²) in [5, 5.41) is 0. The Labute approximate surface area is 175 Å². The first-order chi connectivity index (χ1) is 13.7. The number of hydrogen-bond donors (Lipinski definition) is 0. The van der Waals surface area contributed by atoms with Crippen molar-refractivity contribution >= 4 is 40.8 Å². The molecular formula is C22H15ClO3S2. The topological polar surface area (TPSA) is 27.7 Å². The highest BCUT2D eigenvalue weighted by Gasteiger charge is 2.50. The Morgan fingerprint density at radius 2 is 1.82 bits per heavy atom. The molecule has 0 radical (unpaired) electrons. The van der Waals surface area contributed by atoms with Gasteiger partial charge in [-0.05, 0) is 35.4 Å². The summed E-state index contributed by atoms with van der Waals surface area (Å²) in [6.45, 7) is 0.852. The molecule has 2 aromatic carbocycles. The molecule has 0 saturated heterocycles. The zero-order valence-corrected chi connectivity index (χ0v) is 17.1. The zero-order valence-electron chi connectivity index (χ0n) is 14.7. The minimum absolute atomic E-state index is 0.262. The Hall–Kier alpha value is -2.08. The molecule has 1 atom stereocenters. The van der Waals surface area contributed by atoms with Gasteiger partial charge < -0.3 is 14.2 Å². The van der Waals surface area contributed by atoms with Gasteiger partial charge in [0.2, 0.25) is 6.79 Å². The number of halogens is 1. The van der Waals surface area contributed by atoms with E-state index in [1.54, 1.807) is 11.3 Å². The first-order valence-electron chi connectivity index (χ1n) is 9.00. The second-order valence-electron chi connectivity index (χ2n) is 6.99. The van der Waals surface area contributed by atoms with E-state index in [1.165, 1.54) is 20.9 Å². The monoisotopic (exact) mass is 426 g/mol. The summed E-state index contributed by atoms with van der Waals surface area (Å²) >= 11 is 9.62. The molecule has 3 heterocycles. The molecule has 0 bridgehead atoms. The normalized spacial score (nSPS) is 20.8. The summed E-state index contributed by atoms with van der Waals surface area (Å²) in [7, 11) is 0. The van der Waals surface area contributed by atoms with Gasteiger partial charge in [-0.3, -0.25) is 0 Å². The van der Waals surface area contributed by atoms with E-state index in [2.05, 4.69) is 42.5 Å². The Morgan fingerprint density at radius 3 is 2.68 bits per heavy atom. The molecule has 1 spiro atoms. The Bertz CT molecular complexity index is 1140. The van der Waals surface area contributed by atoms with Crippen molar-refractivity contribution in [3.05, 3.63) is 79.3 Å². The second kappa shape index (κ2) is 6.21. The van der Waals surface area contributed by atoms with Crippen LogP contribution in [0, 0.1) is 0 Å². The number of thioether (sulfide) groups is 1. The largest absolute Gasteiger partial charge is 0.491 e. The third kappa shape index (κ3) is 2.36. The fourth-order valence-electron chi connectivity index (χ4n) is 4.22. The van der Waals surface area contributed by atoms with E-state index < -0.39 is 0 Å². The van der Waals surface area contributed by atoms with Crippen LogP contribution in [-0.2, 0) is 11.2 Å². The van der Waals surface area contributed by atoms with Crippen molar-refractivity contribution in [2.75, 3.05) is 13.4 Å². The van der Waals surface area contributed by atoms with Crippen molar-refractivity contribution in [3.63, 3.8) is 0 Å². The lowest BCUT2D eigenvalue weighted by atomic mass is 9.77. The van der Waals surface area contributed by atoms with Gasteiger partial charge in [0.1, 0.15) is 12.4 Å². The molecular weight excluding hydrogens is 412 g/mol. The maximum absolute atomic E-state index is 6.20. The third-order valence-electron chi connectivity index (χ3n) is 5.51. The van der Waals surface area contributed by atoms with Crippen LogP contribution in [0.4, 0.5) is 0 Å². The first-order valence-corrected chi connectivity index (χ1v) is 11.2. The number of fused-ring (bicyclic) bond motifs is 5. The van der Waals surface area contributed by atoms with Gasteiger partial charge in [0, 0.05) is 27.2 Å². The van der Waals surface area contributed by atoms with Crippen molar-refractivity contribution in [1.29, 1.82) is 0 Å². The van der Waals surface area contributed by atoms with Crippen molar-refractivity contribution in [2.45, 2.75) is 11.2 Å². The minimum atomic E-state index is -0.293. The van der Waals surface area contributed by atoms with Gasteiger partial charge in [-0.25, -0.2) is 0 Å². The molecule has 3 aliphatic rings. The SMILES string of the molecule is Clc1ccc(CSC2=Cc3ccccc3C23COc2cc4c(cc23)OCO4)s1. The van der Waals surface area contributed by atoms with E-state index >= 15 is 0 Å². The maximum atomic E-state index is 6.20. The fraction of sp³-hybridized carbons (Fsp3) is 0.182. The lowest BCUT2D eigenvalue weighted by Crippen LogP contribution is -2.29. The average Bonchev–Trinajstić information content (AvgIpc) is 3.47. The molecule has 1 unspecified atom stereocenters. The summed E-state index contributed by atoms with van der Waals surface area (Å²) in [6.07, 6.45) is 2.30. The molecule has 6 rings (SSSR count). The number of ether oxygens (including phenoxy) is 3. The average molecular weight is 427 g/mol. The summed E-state index contributed by atoms with van der Waals surface area (Å²) in [6, 6.07) is 16.7. The van der Waals surface area contributed by atoms with E-state index in [0.29, 0.717) is 6.61 Å². The van der Waals surface area contributed by atoms with Crippen LogP contribution in [0.2, 0.25) is 4.34 Å². The van der Waals surface area contributed by atoms with Gasteiger partial charge >= 0.3 is 0 Å². The number of hydrogen-bond acceptors (Lipinski definition) is 5. The van der Waals surface area contributed by atoms with Gasteiger partial charge in [0.05, 0.1) is 9.75 Å². The Morgan fingerprint density at radius 1 is 0.964 bits per heavy atom. The molecule has 28 heavy (non-hydrogen) atoms. The third-order valence-corrected chi connectivity index (χ3v) is 8.15. The Balaban J connectivity index is 1.46. The van der Waals surface area contributed by atoms with Crippen LogP contribution >= 0.6 is 34.7 Å². The molecule has 3 aromatic rings. The highest BCUT2D eigenvalue weighted by Crippen LogP contribution is 2.58. The number of benzene rings is 2. The summed E-state index contributed by atoms with van der Waals surface area (Å²) < 4.78 is 18.2. The zero-order chi connectivity index (χ0) is 18.7. The van der Waals surface area contributed by atoms with Crippen LogP contribution in [0.25, 0.3) is 6.08 Å². The molecule has 1 aromatic heterocycles. The minimum Gasteiger partial charge on any atom is -0.491 e. The van der Waals surface area contributed by atoms with Crippen LogP contribution in [0.1, 0.15) is 21.6 Å². The molecule has 0 saturated carbocycles. The summed E-state index contributed by atoms with van der Waals surface area (Å²) in [4.78, 5) is 2.57. The van der Waals surface area contributed by atoms with Gasteiger partial charge in [-0.1, -0.05) is 35.9 Å². The molecule has 0 amide bonds. The number of rotatable bonds is 3. The van der Waals surface area contributed by atoms with Crippen LogP contribution in [-0.4, -0.2) is 13.4 Å². The first kappa shape index (κ1) is 16.8. The van der Waals surface area contributed by atoms with Crippen molar-refractivity contribution in [2.24, 2.45) is 0 Å². The molecule has 2 aliphatic heterocycles. The molecule has 0 N–H and O–H groups in total. The van der Waals surface area contributed by atoms with Gasteiger partial charge in [0.15, 0.2) is 11.5 Å². The highest BCUT2D eigenvalue weighted by atomic mass is 35.5. The van der Waals surface area contributed by atoms with Crippen molar-refractivity contribution in [1.82, 2.24) is 0 Å². The lowest BCUT2D eigenvalue weighted by molar-refractivity contribution is 0.173. The molecule has 3 nitrogen and oxygen atoms in total. The van der Waals surface area contributed by atoms with E-state index in [1.807, 2.05) is 23.9 Å². The smallest absolute Gasteiger partial charge is 0.231 e. The fourth-order valence-corrected chi connectivity index (χ4v) is 6.64. The van der Waals surface area contributed by atoms with Gasteiger partial charge in [0.25, 0.3) is 0 Å². The van der Waals surface area contributed by atoms with E-state index in [-0.39, 0.29) is 12.2 Å². The number of thiophene rings is 1. The molecule has 140 valence electrons. The quantitative estimate of drug-likeness (QED) is 0.506. The van der Waals surface area contributed by atoms with Crippen LogP contribution in [0.3, 0.4) is 0 Å². The summed E-state index contributed by atoms with van der Waals surface area (Å²) in [5.74, 6) is 3.32. The van der Waals surface area contributed by atoms with Crippen molar-refractivity contribution < 1.29 is 14.2 Å². The van der Waals surface area contributed by atoms with Crippen LogP contribution in [0.15, 0.2) is 53.4 Å². The van der Waals surface area contributed by atoms with Crippen LogP contribution < -0.4 is 14.2 Å².